The number of benzene rings is 2. The predicted molar refractivity (Wildman–Crippen MR) is 87.5 cm³/mol. The van der Waals surface area contributed by atoms with Gasteiger partial charge in [-0.25, -0.2) is 4.79 Å². The lowest BCUT2D eigenvalue weighted by molar-refractivity contribution is 0.320. The second-order valence-corrected chi connectivity index (χ2v) is 5.21. The van der Waals surface area contributed by atoms with E-state index in [4.69, 9.17) is 4.74 Å². The third kappa shape index (κ3) is 2.72. The van der Waals surface area contributed by atoms with Crippen LogP contribution in [0.1, 0.15) is 18.1 Å². The van der Waals surface area contributed by atoms with Crippen molar-refractivity contribution in [2.24, 2.45) is 0 Å². The Morgan fingerprint density at radius 3 is 2.73 bits per heavy atom. The first-order valence-electron chi connectivity index (χ1n) is 7.36. The number of hydrogen-bond acceptors (Lipinski definition) is 3. The maximum absolute atomic E-state index is 12.2. The van der Waals surface area contributed by atoms with Crippen molar-refractivity contribution >= 4 is 10.8 Å². The van der Waals surface area contributed by atoms with Crippen molar-refractivity contribution < 1.29 is 4.74 Å². The van der Waals surface area contributed by atoms with E-state index in [0.717, 1.165) is 16.5 Å². The van der Waals surface area contributed by atoms with E-state index < -0.39 is 0 Å². The summed E-state index contributed by atoms with van der Waals surface area (Å²) in [5.74, 6) is 0.418. The standard InChI is InChI=1S/C18H18N2O2/c1-3-22-17-13(2)11-20(18(21)19-17)12-15-9-6-8-14-7-4-5-10-16(14)15/h4-11H,3,12H2,1-2H3. The molecule has 0 bridgehead atoms. The van der Waals surface area contributed by atoms with Crippen LogP contribution in [0.4, 0.5) is 0 Å². The van der Waals surface area contributed by atoms with Crippen LogP contribution in [0.25, 0.3) is 10.8 Å². The molecule has 112 valence electrons. The summed E-state index contributed by atoms with van der Waals surface area (Å²) in [7, 11) is 0. The number of aromatic nitrogens is 2. The fraction of sp³-hybridized carbons (Fsp3) is 0.222. The number of hydrogen-bond donors (Lipinski definition) is 0. The summed E-state index contributed by atoms with van der Waals surface area (Å²) in [6, 6.07) is 14.3. The number of aryl methyl sites for hydroxylation is 1. The van der Waals surface area contributed by atoms with E-state index >= 15 is 0 Å². The van der Waals surface area contributed by atoms with E-state index in [1.807, 2.05) is 44.3 Å². The Labute approximate surface area is 129 Å². The zero-order valence-corrected chi connectivity index (χ0v) is 12.7. The molecule has 0 saturated heterocycles. The van der Waals surface area contributed by atoms with Crippen LogP contribution in [-0.2, 0) is 6.54 Å². The zero-order valence-electron chi connectivity index (χ0n) is 12.7. The van der Waals surface area contributed by atoms with Gasteiger partial charge >= 0.3 is 5.69 Å². The molecule has 0 atom stereocenters. The van der Waals surface area contributed by atoms with Crippen molar-refractivity contribution in [2.75, 3.05) is 6.61 Å². The number of rotatable bonds is 4. The van der Waals surface area contributed by atoms with Crippen LogP contribution in [0.3, 0.4) is 0 Å². The molecule has 0 radical (unpaired) electrons. The fourth-order valence-electron chi connectivity index (χ4n) is 2.59. The van der Waals surface area contributed by atoms with Crippen LogP contribution in [0.5, 0.6) is 5.88 Å². The molecule has 0 fully saturated rings. The van der Waals surface area contributed by atoms with E-state index in [-0.39, 0.29) is 5.69 Å². The summed E-state index contributed by atoms with van der Waals surface area (Å²) in [4.78, 5) is 16.2. The van der Waals surface area contributed by atoms with E-state index in [2.05, 4.69) is 23.2 Å². The van der Waals surface area contributed by atoms with Crippen LogP contribution < -0.4 is 10.4 Å². The summed E-state index contributed by atoms with van der Waals surface area (Å²) in [5.41, 5.74) is 1.68. The van der Waals surface area contributed by atoms with Crippen LogP contribution in [0.15, 0.2) is 53.5 Å². The molecule has 0 spiro atoms. The second-order valence-electron chi connectivity index (χ2n) is 5.21. The Morgan fingerprint density at radius 1 is 1.14 bits per heavy atom. The van der Waals surface area contributed by atoms with Crippen molar-refractivity contribution in [1.82, 2.24) is 9.55 Å². The molecule has 0 aliphatic rings. The predicted octanol–water partition coefficient (Wildman–Crippen LogP) is 3.15. The zero-order chi connectivity index (χ0) is 15.5. The van der Waals surface area contributed by atoms with Gasteiger partial charge < -0.3 is 4.74 Å². The van der Waals surface area contributed by atoms with Gasteiger partial charge in [0, 0.05) is 11.8 Å². The molecule has 1 aromatic heterocycles. The summed E-state index contributed by atoms with van der Waals surface area (Å²) >= 11 is 0. The Hall–Kier alpha value is -2.62. The van der Waals surface area contributed by atoms with Gasteiger partial charge in [-0.15, -0.1) is 0 Å². The van der Waals surface area contributed by atoms with Crippen molar-refractivity contribution in [3.63, 3.8) is 0 Å². The van der Waals surface area contributed by atoms with Crippen molar-refractivity contribution in [1.29, 1.82) is 0 Å². The monoisotopic (exact) mass is 294 g/mol. The smallest absolute Gasteiger partial charge is 0.351 e. The quantitative estimate of drug-likeness (QED) is 0.742. The largest absolute Gasteiger partial charge is 0.478 e. The number of fused-ring (bicyclic) bond motifs is 1. The van der Waals surface area contributed by atoms with Gasteiger partial charge in [-0.3, -0.25) is 4.57 Å². The summed E-state index contributed by atoms with van der Waals surface area (Å²) < 4.78 is 6.99. The highest BCUT2D eigenvalue weighted by Gasteiger charge is 2.08. The Morgan fingerprint density at radius 2 is 1.91 bits per heavy atom. The Balaban J connectivity index is 2.02. The summed E-state index contributed by atoms with van der Waals surface area (Å²) in [6.07, 6.45) is 1.81. The summed E-state index contributed by atoms with van der Waals surface area (Å²) in [5, 5.41) is 2.33. The minimum absolute atomic E-state index is 0.290. The van der Waals surface area contributed by atoms with Crippen LogP contribution in [-0.4, -0.2) is 16.2 Å². The normalized spacial score (nSPS) is 10.8. The third-order valence-corrected chi connectivity index (χ3v) is 3.63. The molecular weight excluding hydrogens is 276 g/mol. The summed E-state index contributed by atoms with van der Waals surface area (Å²) in [6.45, 7) is 4.78. The fourth-order valence-corrected chi connectivity index (χ4v) is 2.59. The maximum atomic E-state index is 12.2. The third-order valence-electron chi connectivity index (χ3n) is 3.63. The molecular formula is C18H18N2O2. The SMILES string of the molecule is CCOc1nc(=O)n(Cc2cccc3ccccc23)cc1C. The van der Waals surface area contributed by atoms with Gasteiger partial charge in [0.25, 0.3) is 0 Å². The van der Waals surface area contributed by atoms with E-state index in [9.17, 15) is 4.79 Å². The Kier molecular flexibility index (Phi) is 3.92. The average Bonchev–Trinajstić information content (AvgIpc) is 2.53. The van der Waals surface area contributed by atoms with Crippen molar-refractivity contribution in [3.8, 4) is 5.88 Å². The first kappa shape index (κ1) is 14.3. The molecule has 0 N–H and O–H groups in total. The van der Waals surface area contributed by atoms with Gasteiger partial charge in [-0.2, -0.15) is 4.98 Å². The molecule has 4 heteroatoms. The van der Waals surface area contributed by atoms with Gasteiger partial charge in [0.2, 0.25) is 5.88 Å². The van der Waals surface area contributed by atoms with Crippen LogP contribution in [0, 0.1) is 6.92 Å². The molecule has 0 unspecified atom stereocenters. The van der Waals surface area contributed by atoms with Gasteiger partial charge in [0.05, 0.1) is 13.2 Å². The van der Waals surface area contributed by atoms with E-state index in [1.165, 1.54) is 5.39 Å². The van der Waals surface area contributed by atoms with E-state index in [0.29, 0.717) is 19.0 Å². The molecule has 3 rings (SSSR count). The first-order valence-corrected chi connectivity index (χ1v) is 7.36. The van der Waals surface area contributed by atoms with Crippen LogP contribution >= 0.6 is 0 Å². The maximum Gasteiger partial charge on any atom is 0.351 e. The molecule has 4 nitrogen and oxygen atoms in total. The van der Waals surface area contributed by atoms with Crippen molar-refractivity contribution in [3.05, 3.63) is 70.3 Å². The topological polar surface area (TPSA) is 44.1 Å². The molecule has 0 aliphatic heterocycles. The van der Waals surface area contributed by atoms with Gasteiger partial charge in [0.1, 0.15) is 0 Å². The van der Waals surface area contributed by atoms with Crippen LogP contribution in [0.2, 0.25) is 0 Å². The van der Waals surface area contributed by atoms with Gasteiger partial charge in [-0.1, -0.05) is 42.5 Å². The number of nitrogens with zero attached hydrogens (tertiary/aromatic N) is 2. The van der Waals surface area contributed by atoms with Gasteiger partial charge in [-0.05, 0) is 30.2 Å². The molecule has 1 heterocycles. The lowest BCUT2D eigenvalue weighted by Gasteiger charge is -2.11. The highest BCUT2D eigenvalue weighted by Crippen LogP contribution is 2.19. The average molecular weight is 294 g/mol. The second kappa shape index (κ2) is 6.02. The lowest BCUT2D eigenvalue weighted by Crippen LogP contribution is -2.24. The minimum Gasteiger partial charge on any atom is -0.478 e. The Bertz CT molecular complexity index is 863. The highest BCUT2D eigenvalue weighted by molar-refractivity contribution is 5.85. The molecule has 3 aromatic rings. The van der Waals surface area contributed by atoms with Gasteiger partial charge in [0.15, 0.2) is 0 Å². The number of ether oxygens (including phenoxy) is 1. The molecule has 0 saturated carbocycles. The lowest BCUT2D eigenvalue weighted by atomic mass is 10.0. The molecule has 0 amide bonds. The highest BCUT2D eigenvalue weighted by atomic mass is 16.5. The molecule has 2 aromatic carbocycles. The minimum atomic E-state index is -0.290. The molecule has 22 heavy (non-hydrogen) atoms. The molecule has 0 aliphatic carbocycles. The van der Waals surface area contributed by atoms with E-state index in [1.54, 1.807) is 4.57 Å². The van der Waals surface area contributed by atoms with Crippen molar-refractivity contribution in [2.45, 2.75) is 20.4 Å². The first-order chi connectivity index (χ1) is 10.7.